The fourth-order valence-corrected chi connectivity index (χ4v) is 2.68. The number of hydrogen-bond donors (Lipinski definition) is 0. The Morgan fingerprint density at radius 3 is 2.75 bits per heavy atom. The van der Waals surface area contributed by atoms with Crippen LogP contribution in [0.3, 0.4) is 0 Å². The molecule has 1 aliphatic heterocycles. The number of ether oxygens (including phenoxy) is 3. The van der Waals surface area contributed by atoms with Gasteiger partial charge in [0.2, 0.25) is 5.78 Å². The van der Waals surface area contributed by atoms with Crippen molar-refractivity contribution in [2.45, 2.75) is 0 Å². The van der Waals surface area contributed by atoms with E-state index in [1.165, 1.54) is 7.11 Å². The van der Waals surface area contributed by atoms with Crippen LogP contribution in [0, 0.1) is 0 Å². The van der Waals surface area contributed by atoms with E-state index in [2.05, 4.69) is 0 Å². The summed E-state index contributed by atoms with van der Waals surface area (Å²) >= 11 is 1.54. The Kier molecular flexibility index (Phi) is 3.20. The lowest BCUT2D eigenvalue weighted by atomic mass is 10.1. The molecule has 1 aliphatic rings. The number of allylic oxidation sites excluding steroid dienone is 1. The van der Waals surface area contributed by atoms with Gasteiger partial charge < -0.3 is 14.2 Å². The van der Waals surface area contributed by atoms with Crippen LogP contribution in [0.15, 0.2) is 35.4 Å². The Balaban J connectivity index is 2.06. The van der Waals surface area contributed by atoms with E-state index in [0.717, 1.165) is 4.88 Å². The third-order valence-electron chi connectivity index (χ3n) is 2.98. The Morgan fingerprint density at radius 2 is 2.10 bits per heavy atom. The molecule has 3 rings (SSSR count). The fraction of sp³-hybridized carbons (Fsp3) is 0.133. The van der Waals surface area contributed by atoms with Crippen molar-refractivity contribution >= 4 is 23.2 Å². The van der Waals surface area contributed by atoms with Gasteiger partial charge in [0.25, 0.3) is 0 Å². The van der Waals surface area contributed by atoms with E-state index in [9.17, 15) is 4.79 Å². The molecule has 0 spiro atoms. The molecule has 0 atom stereocenters. The van der Waals surface area contributed by atoms with Gasteiger partial charge in [0.15, 0.2) is 5.76 Å². The van der Waals surface area contributed by atoms with Crippen LogP contribution in [0.25, 0.3) is 6.08 Å². The van der Waals surface area contributed by atoms with Gasteiger partial charge in [-0.1, -0.05) is 6.07 Å². The minimum absolute atomic E-state index is 0.173. The van der Waals surface area contributed by atoms with E-state index >= 15 is 0 Å². The second-order valence-corrected chi connectivity index (χ2v) is 5.14. The summed E-state index contributed by atoms with van der Waals surface area (Å²) in [6.45, 7) is 0. The van der Waals surface area contributed by atoms with E-state index < -0.39 is 0 Å². The van der Waals surface area contributed by atoms with Gasteiger partial charge in [-0.05, 0) is 11.4 Å². The molecule has 0 fully saturated rings. The maximum Gasteiger partial charge on any atom is 0.235 e. The van der Waals surface area contributed by atoms with E-state index in [0.29, 0.717) is 28.6 Å². The van der Waals surface area contributed by atoms with Gasteiger partial charge in [-0.3, -0.25) is 4.79 Å². The van der Waals surface area contributed by atoms with Crippen LogP contribution in [-0.4, -0.2) is 20.0 Å². The molecule has 2 heterocycles. The number of carbonyl (C=O) groups excluding carboxylic acids is 1. The Bertz CT molecular complexity index is 686. The number of benzene rings is 1. The Morgan fingerprint density at radius 1 is 1.25 bits per heavy atom. The second kappa shape index (κ2) is 5.02. The zero-order valence-corrected chi connectivity index (χ0v) is 11.8. The van der Waals surface area contributed by atoms with E-state index in [-0.39, 0.29) is 5.78 Å². The van der Waals surface area contributed by atoms with Crippen LogP contribution in [0.2, 0.25) is 0 Å². The fourth-order valence-electron chi connectivity index (χ4n) is 2.03. The highest BCUT2D eigenvalue weighted by atomic mass is 32.1. The molecular weight excluding hydrogens is 276 g/mol. The monoisotopic (exact) mass is 288 g/mol. The van der Waals surface area contributed by atoms with Gasteiger partial charge in [0.1, 0.15) is 22.8 Å². The Labute approximate surface area is 120 Å². The van der Waals surface area contributed by atoms with Crippen LogP contribution in [0.4, 0.5) is 0 Å². The molecule has 1 aromatic carbocycles. The van der Waals surface area contributed by atoms with Crippen molar-refractivity contribution in [3.05, 3.63) is 45.8 Å². The van der Waals surface area contributed by atoms with E-state index in [4.69, 9.17) is 14.2 Å². The van der Waals surface area contributed by atoms with E-state index in [1.54, 1.807) is 36.7 Å². The first-order valence-corrected chi connectivity index (χ1v) is 6.84. The summed E-state index contributed by atoms with van der Waals surface area (Å²) in [7, 11) is 3.07. The summed E-state index contributed by atoms with van der Waals surface area (Å²) in [4.78, 5) is 13.4. The third-order valence-corrected chi connectivity index (χ3v) is 3.80. The summed E-state index contributed by atoms with van der Waals surface area (Å²) in [5.41, 5.74) is 0.441. The lowest BCUT2D eigenvalue weighted by Crippen LogP contribution is -1.99. The van der Waals surface area contributed by atoms with Crippen LogP contribution in [-0.2, 0) is 0 Å². The molecule has 1 aromatic heterocycles. The lowest BCUT2D eigenvalue weighted by Gasteiger charge is -2.07. The minimum atomic E-state index is -0.173. The quantitative estimate of drug-likeness (QED) is 0.812. The molecule has 0 saturated carbocycles. The van der Waals surface area contributed by atoms with Gasteiger partial charge in [-0.15, -0.1) is 11.3 Å². The first-order valence-electron chi connectivity index (χ1n) is 5.96. The van der Waals surface area contributed by atoms with Crippen molar-refractivity contribution < 1.29 is 19.0 Å². The smallest absolute Gasteiger partial charge is 0.235 e. The number of rotatable bonds is 3. The molecule has 0 radical (unpaired) electrons. The molecular formula is C15H12O4S. The number of carbonyl (C=O) groups is 1. The standard InChI is InChI=1S/C15H12O4S/c1-17-9-6-11(18-2)14-12(7-9)19-13(15(14)16)8-10-4-3-5-20-10/h3-8H,1-2H3. The van der Waals surface area contributed by atoms with Gasteiger partial charge >= 0.3 is 0 Å². The minimum Gasteiger partial charge on any atom is -0.496 e. The predicted molar refractivity (Wildman–Crippen MR) is 76.8 cm³/mol. The third kappa shape index (κ3) is 2.06. The van der Waals surface area contributed by atoms with Crippen LogP contribution in [0.1, 0.15) is 15.2 Å². The van der Waals surface area contributed by atoms with Crippen LogP contribution < -0.4 is 14.2 Å². The highest BCUT2D eigenvalue weighted by Crippen LogP contribution is 2.41. The molecule has 0 aliphatic carbocycles. The summed E-state index contributed by atoms with van der Waals surface area (Å²) in [5, 5.41) is 1.95. The van der Waals surface area contributed by atoms with Gasteiger partial charge in [0, 0.05) is 23.1 Å². The Hall–Kier alpha value is -2.27. The average molecular weight is 288 g/mol. The maximum absolute atomic E-state index is 12.4. The molecule has 4 nitrogen and oxygen atoms in total. The lowest BCUT2D eigenvalue weighted by molar-refractivity contribution is 0.101. The first kappa shape index (κ1) is 12.7. The molecule has 0 unspecified atom stereocenters. The number of Topliss-reactive ketones (excluding diaryl/α,β-unsaturated/α-hetero) is 1. The molecule has 2 aromatic rings. The molecule has 102 valence electrons. The highest BCUT2D eigenvalue weighted by molar-refractivity contribution is 7.10. The molecule has 5 heteroatoms. The summed E-state index contributed by atoms with van der Waals surface area (Å²) in [6, 6.07) is 7.21. The normalized spacial score (nSPS) is 15.1. The topological polar surface area (TPSA) is 44.8 Å². The molecule has 0 saturated heterocycles. The van der Waals surface area contributed by atoms with Gasteiger partial charge in [-0.2, -0.15) is 0 Å². The van der Waals surface area contributed by atoms with Crippen LogP contribution >= 0.6 is 11.3 Å². The predicted octanol–water partition coefficient (Wildman–Crippen LogP) is 3.38. The zero-order valence-electron chi connectivity index (χ0n) is 11.0. The van der Waals surface area contributed by atoms with Gasteiger partial charge in [0.05, 0.1) is 14.2 Å². The number of thiophene rings is 1. The van der Waals surface area contributed by atoms with Crippen molar-refractivity contribution in [2.75, 3.05) is 14.2 Å². The van der Waals surface area contributed by atoms with Crippen molar-refractivity contribution in [3.63, 3.8) is 0 Å². The van der Waals surface area contributed by atoms with Gasteiger partial charge in [-0.25, -0.2) is 0 Å². The second-order valence-electron chi connectivity index (χ2n) is 4.16. The summed E-state index contributed by atoms with van der Waals surface area (Å²) in [5.74, 6) is 1.64. The van der Waals surface area contributed by atoms with Crippen molar-refractivity contribution in [3.8, 4) is 17.2 Å². The van der Waals surface area contributed by atoms with Crippen LogP contribution in [0.5, 0.6) is 17.2 Å². The number of methoxy groups -OCH3 is 2. The maximum atomic E-state index is 12.4. The molecule has 0 amide bonds. The largest absolute Gasteiger partial charge is 0.496 e. The number of ketones is 1. The zero-order chi connectivity index (χ0) is 14.1. The van der Waals surface area contributed by atoms with Crippen molar-refractivity contribution in [1.82, 2.24) is 0 Å². The van der Waals surface area contributed by atoms with Crippen molar-refractivity contribution in [1.29, 1.82) is 0 Å². The average Bonchev–Trinajstić information content (AvgIpc) is 3.07. The number of hydrogen-bond acceptors (Lipinski definition) is 5. The van der Waals surface area contributed by atoms with E-state index in [1.807, 2.05) is 17.5 Å². The summed E-state index contributed by atoms with van der Waals surface area (Å²) < 4.78 is 16.1. The molecule has 0 bridgehead atoms. The van der Waals surface area contributed by atoms with Crippen molar-refractivity contribution in [2.24, 2.45) is 0 Å². The molecule has 20 heavy (non-hydrogen) atoms. The summed E-state index contributed by atoms with van der Waals surface area (Å²) in [6.07, 6.45) is 1.74. The first-order chi connectivity index (χ1) is 9.72. The molecule has 0 N–H and O–H groups in total. The highest BCUT2D eigenvalue weighted by Gasteiger charge is 2.32. The SMILES string of the molecule is COc1cc(OC)c2c(c1)OC(=Cc1cccs1)C2=O. The number of fused-ring (bicyclic) bond motifs is 1.